The highest BCUT2D eigenvalue weighted by atomic mass is 16.5. The summed E-state index contributed by atoms with van der Waals surface area (Å²) in [6, 6.07) is 23.7. The first kappa shape index (κ1) is 30.5. The third-order valence-corrected chi connectivity index (χ3v) is 7.51. The van der Waals surface area contributed by atoms with E-state index in [-0.39, 0.29) is 50.0 Å². The number of carbonyl (C=O) groups is 2. The van der Waals surface area contributed by atoms with E-state index in [1.807, 2.05) is 51.9 Å². The first-order valence-electron chi connectivity index (χ1n) is 14.9. The molecule has 2 amide bonds. The summed E-state index contributed by atoms with van der Waals surface area (Å²) in [6.07, 6.45) is 2.11. The predicted molar refractivity (Wildman–Crippen MR) is 170 cm³/mol. The molecule has 0 atom stereocenters. The Morgan fingerprint density at radius 2 is 1.46 bits per heavy atom. The van der Waals surface area contributed by atoms with Gasteiger partial charge in [-0.25, -0.2) is 4.98 Å². The fourth-order valence-corrected chi connectivity index (χ4v) is 5.23. The topological polar surface area (TPSA) is 159 Å². The van der Waals surface area contributed by atoms with Crippen LogP contribution in [0, 0.1) is 0 Å². The number of hydrogen-bond donors (Lipinski definition) is 2. The van der Waals surface area contributed by atoms with E-state index in [2.05, 4.69) is 25.2 Å². The third-order valence-electron chi connectivity index (χ3n) is 7.51. The molecule has 1 aliphatic rings. The number of rotatable bonds is 14. The van der Waals surface area contributed by atoms with Gasteiger partial charge in [0.25, 0.3) is 17.8 Å². The number of carbonyl (C=O) groups excluding carboxylic acids is 2. The molecule has 0 fully saturated rings. The molecule has 0 bridgehead atoms. The summed E-state index contributed by atoms with van der Waals surface area (Å²) in [5.41, 5.74) is 4.12. The molecule has 0 unspecified atom stereocenters. The van der Waals surface area contributed by atoms with Gasteiger partial charge in [0.05, 0.1) is 36.4 Å². The number of ether oxygens (including phenoxy) is 1. The molecule has 6 rings (SSSR count). The number of aliphatic hydroxyl groups excluding tert-OH is 2. The number of imide groups is 1. The number of benzene rings is 3. The van der Waals surface area contributed by atoms with Crippen molar-refractivity contribution in [3.63, 3.8) is 0 Å². The summed E-state index contributed by atoms with van der Waals surface area (Å²) < 4.78 is 7.89. The van der Waals surface area contributed by atoms with Crippen LogP contribution in [0.1, 0.15) is 32.7 Å². The fraction of sp³-hybridized carbons (Fsp3) is 0.242. The average Bonchev–Trinajstić information content (AvgIpc) is 3.61. The molecule has 2 N–H and O–H groups in total. The second-order valence-corrected chi connectivity index (χ2v) is 10.5. The maximum Gasteiger partial charge on any atom is 0.274 e. The number of fused-ring (bicyclic) bond motifs is 2. The van der Waals surface area contributed by atoms with E-state index in [0.717, 1.165) is 11.3 Å². The normalized spacial score (nSPS) is 12.8. The standard InChI is InChI=1S/C33H32N8O5/c42-19-17-39(18-20-43)25-13-11-24(12-14-25)37-38-33-35-29-28(30(36-33)46-21-23-7-2-1-3-8-23)34-22-40(29)15-6-16-41-31(44)26-9-4-5-10-27(26)32(41)45/h1-5,7-14,22,42-43H,6,15-21H2/b38-37+. The molecule has 0 spiro atoms. The van der Waals surface area contributed by atoms with E-state index in [9.17, 15) is 19.8 Å². The molecule has 2 aromatic heterocycles. The molecule has 3 heterocycles. The average molecular weight is 621 g/mol. The second-order valence-electron chi connectivity index (χ2n) is 10.5. The molecular weight excluding hydrogens is 588 g/mol. The van der Waals surface area contributed by atoms with Gasteiger partial charge in [0.2, 0.25) is 5.88 Å². The van der Waals surface area contributed by atoms with Gasteiger partial charge in [0, 0.05) is 31.9 Å². The van der Waals surface area contributed by atoms with Gasteiger partial charge < -0.3 is 24.4 Å². The van der Waals surface area contributed by atoms with Crippen LogP contribution >= 0.6 is 0 Å². The summed E-state index contributed by atoms with van der Waals surface area (Å²) in [5.74, 6) is -0.259. The van der Waals surface area contributed by atoms with Crippen LogP contribution in [-0.2, 0) is 13.2 Å². The van der Waals surface area contributed by atoms with Crippen LogP contribution in [0.4, 0.5) is 17.3 Å². The van der Waals surface area contributed by atoms with E-state index in [4.69, 9.17) is 4.74 Å². The van der Waals surface area contributed by atoms with Crippen LogP contribution in [0.15, 0.2) is 95.4 Å². The zero-order valence-corrected chi connectivity index (χ0v) is 24.9. The van der Waals surface area contributed by atoms with Crippen molar-refractivity contribution in [3.8, 4) is 5.88 Å². The van der Waals surface area contributed by atoms with E-state index in [0.29, 0.717) is 54.0 Å². The number of imidazole rings is 1. The molecule has 13 heteroatoms. The molecule has 46 heavy (non-hydrogen) atoms. The molecule has 0 aliphatic carbocycles. The van der Waals surface area contributed by atoms with Crippen LogP contribution in [0.3, 0.4) is 0 Å². The minimum atomic E-state index is -0.291. The van der Waals surface area contributed by atoms with Crippen molar-refractivity contribution in [3.05, 3.63) is 102 Å². The number of aryl methyl sites for hydroxylation is 1. The maximum absolute atomic E-state index is 12.8. The lowest BCUT2D eigenvalue weighted by molar-refractivity contribution is 0.0651. The number of hydrogen-bond acceptors (Lipinski definition) is 11. The SMILES string of the molecule is O=C1c2ccccc2C(=O)N1CCCn1cnc2c(OCc3ccccc3)nc(/N=N/c3ccc(N(CCO)CCO)cc3)nc21. The molecular formula is C33H32N8O5. The lowest BCUT2D eigenvalue weighted by atomic mass is 10.1. The molecule has 234 valence electrons. The number of anilines is 1. The van der Waals surface area contributed by atoms with E-state index in [1.165, 1.54) is 4.90 Å². The Morgan fingerprint density at radius 3 is 2.13 bits per heavy atom. The monoisotopic (exact) mass is 620 g/mol. The van der Waals surface area contributed by atoms with Crippen molar-refractivity contribution in [1.29, 1.82) is 0 Å². The van der Waals surface area contributed by atoms with Gasteiger partial charge in [0.15, 0.2) is 11.2 Å². The number of amides is 2. The molecule has 0 saturated heterocycles. The van der Waals surface area contributed by atoms with Crippen molar-refractivity contribution in [2.75, 3.05) is 37.7 Å². The van der Waals surface area contributed by atoms with Crippen molar-refractivity contribution < 1.29 is 24.5 Å². The Hall–Kier alpha value is -5.53. The van der Waals surface area contributed by atoms with E-state index in [1.54, 1.807) is 42.7 Å². The van der Waals surface area contributed by atoms with Gasteiger partial charge in [-0.3, -0.25) is 14.5 Å². The van der Waals surface area contributed by atoms with Crippen LogP contribution < -0.4 is 9.64 Å². The first-order chi connectivity index (χ1) is 22.6. The molecule has 0 saturated carbocycles. The van der Waals surface area contributed by atoms with Crippen LogP contribution in [0.25, 0.3) is 11.2 Å². The summed E-state index contributed by atoms with van der Waals surface area (Å²) in [5, 5.41) is 27.3. The largest absolute Gasteiger partial charge is 0.471 e. The highest BCUT2D eigenvalue weighted by Crippen LogP contribution is 2.28. The Bertz CT molecular complexity index is 1820. The van der Waals surface area contributed by atoms with Crippen molar-refractivity contribution in [1.82, 2.24) is 24.4 Å². The summed E-state index contributed by atoms with van der Waals surface area (Å²) in [6.45, 7) is 1.65. The molecule has 5 aromatic rings. The predicted octanol–water partition coefficient (Wildman–Crippen LogP) is 4.30. The highest BCUT2D eigenvalue weighted by Gasteiger charge is 2.34. The summed E-state index contributed by atoms with van der Waals surface area (Å²) in [7, 11) is 0. The van der Waals surface area contributed by atoms with Crippen LogP contribution in [-0.4, -0.2) is 79.3 Å². The van der Waals surface area contributed by atoms with Gasteiger partial charge in [-0.1, -0.05) is 42.5 Å². The minimum absolute atomic E-state index is 0.0324. The smallest absolute Gasteiger partial charge is 0.274 e. The van der Waals surface area contributed by atoms with Crippen LogP contribution in [0.5, 0.6) is 5.88 Å². The Balaban J connectivity index is 1.22. The first-order valence-corrected chi connectivity index (χ1v) is 14.9. The van der Waals surface area contributed by atoms with Gasteiger partial charge in [-0.2, -0.15) is 9.97 Å². The maximum atomic E-state index is 12.8. The number of aromatic nitrogens is 4. The van der Waals surface area contributed by atoms with Gasteiger partial charge in [0.1, 0.15) is 6.61 Å². The Morgan fingerprint density at radius 1 is 0.783 bits per heavy atom. The third kappa shape index (κ3) is 6.60. The van der Waals surface area contributed by atoms with E-state index >= 15 is 0 Å². The van der Waals surface area contributed by atoms with Crippen molar-refractivity contribution in [2.24, 2.45) is 10.2 Å². The highest BCUT2D eigenvalue weighted by molar-refractivity contribution is 6.21. The lowest BCUT2D eigenvalue weighted by Crippen LogP contribution is -2.31. The fourth-order valence-electron chi connectivity index (χ4n) is 5.23. The van der Waals surface area contributed by atoms with Crippen molar-refractivity contribution >= 4 is 40.3 Å². The zero-order valence-electron chi connectivity index (χ0n) is 24.9. The van der Waals surface area contributed by atoms with Crippen molar-refractivity contribution in [2.45, 2.75) is 19.6 Å². The van der Waals surface area contributed by atoms with Gasteiger partial charge in [-0.05, 0) is 48.4 Å². The number of azo groups is 1. The van der Waals surface area contributed by atoms with Gasteiger partial charge in [-0.15, -0.1) is 10.2 Å². The quantitative estimate of drug-likeness (QED) is 0.136. The molecule has 3 aromatic carbocycles. The number of aliphatic hydroxyl groups is 2. The minimum Gasteiger partial charge on any atom is -0.471 e. The zero-order chi connectivity index (χ0) is 31.9. The Kier molecular flexibility index (Phi) is 9.32. The van der Waals surface area contributed by atoms with Gasteiger partial charge >= 0.3 is 0 Å². The summed E-state index contributed by atoms with van der Waals surface area (Å²) in [4.78, 5) is 42.3. The van der Waals surface area contributed by atoms with E-state index < -0.39 is 0 Å². The second kappa shape index (κ2) is 14.1. The lowest BCUT2D eigenvalue weighted by Gasteiger charge is -2.22. The van der Waals surface area contributed by atoms with Crippen LogP contribution in [0.2, 0.25) is 0 Å². The number of nitrogens with zero attached hydrogens (tertiary/aromatic N) is 8. The summed E-state index contributed by atoms with van der Waals surface area (Å²) >= 11 is 0. The molecule has 1 aliphatic heterocycles. The Labute approximate surface area is 264 Å². The molecule has 13 nitrogen and oxygen atoms in total. The molecule has 0 radical (unpaired) electrons.